The van der Waals surface area contributed by atoms with Gasteiger partial charge in [-0.3, -0.25) is 0 Å². The van der Waals surface area contributed by atoms with E-state index in [2.05, 4.69) is 89.0 Å². The van der Waals surface area contributed by atoms with E-state index in [1.54, 1.807) is 0 Å². The predicted molar refractivity (Wildman–Crippen MR) is 180 cm³/mol. The summed E-state index contributed by atoms with van der Waals surface area (Å²) in [5, 5.41) is 24.6. The topological polar surface area (TPSA) is 53.4 Å². The van der Waals surface area contributed by atoms with Crippen LogP contribution < -0.4 is 0 Å². The van der Waals surface area contributed by atoms with E-state index in [-0.39, 0.29) is 49.1 Å². The Morgan fingerprint density at radius 3 is 2.11 bits per heavy atom. The maximum atomic E-state index is 11.1. The number of aliphatic hydroxyl groups excluding tert-OH is 2. The molecular weight excluding hydrogens is 719 g/mol. The molecule has 3 aliphatic carbocycles. The molecule has 1 aromatic heterocycles. The van der Waals surface area contributed by atoms with E-state index in [9.17, 15) is 10.2 Å². The van der Waals surface area contributed by atoms with Gasteiger partial charge in [0, 0.05) is 32.2 Å². The molecule has 44 heavy (non-hydrogen) atoms. The maximum absolute atomic E-state index is 11.1. The second-order valence-electron chi connectivity index (χ2n) is 14.3. The number of rotatable bonds is 6. The van der Waals surface area contributed by atoms with Gasteiger partial charge in [-0.05, 0) is 109 Å². The summed E-state index contributed by atoms with van der Waals surface area (Å²) in [5.41, 5.74) is 6.17. The zero-order valence-corrected chi connectivity index (χ0v) is 30.5. The van der Waals surface area contributed by atoms with Gasteiger partial charge in [-0.2, -0.15) is 0 Å². The predicted octanol–water partition coefficient (Wildman–Crippen LogP) is 10.1. The van der Waals surface area contributed by atoms with Crippen LogP contribution in [0.3, 0.4) is 0 Å². The van der Waals surface area contributed by atoms with Crippen molar-refractivity contribution in [3.05, 3.63) is 65.4 Å². The Labute approximate surface area is 281 Å². The average Bonchev–Trinajstić information content (AvgIpc) is 3.62. The largest absolute Gasteiger partial charge is 0.392 e. The maximum Gasteiger partial charge on any atom is 0.0651 e. The van der Waals surface area contributed by atoms with Gasteiger partial charge < -0.3 is 15.2 Å². The zero-order valence-electron chi connectivity index (χ0n) is 28.1. The number of aromatic nitrogens is 1. The molecule has 0 bridgehead atoms. The average molecular weight is 775 g/mol. The first-order valence-corrected chi connectivity index (χ1v) is 17.5. The first-order valence-electron chi connectivity index (χ1n) is 17.5. The van der Waals surface area contributed by atoms with Crippen LogP contribution in [0.15, 0.2) is 42.6 Å². The van der Waals surface area contributed by atoms with Crippen molar-refractivity contribution in [2.24, 2.45) is 22.7 Å². The monoisotopic (exact) mass is 775 g/mol. The number of hydrogen-bond acceptors (Lipinski definition) is 3. The Bertz CT molecular complexity index is 1350. The van der Waals surface area contributed by atoms with Crippen molar-refractivity contribution in [3.63, 3.8) is 0 Å². The Morgan fingerprint density at radius 2 is 1.48 bits per heavy atom. The Morgan fingerprint density at radius 1 is 0.818 bits per heavy atom. The fraction of sp³-hybridized carbons (Fsp3) is 0.625. The molecule has 243 valence electrons. The van der Waals surface area contributed by atoms with E-state index < -0.39 is 0 Å². The molecule has 0 saturated heterocycles. The van der Waals surface area contributed by atoms with E-state index in [1.807, 2.05) is 6.20 Å². The molecule has 1 radical (unpaired) electrons. The molecule has 6 rings (SSSR count). The summed E-state index contributed by atoms with van der Waals surface area (Å²) >= 11 is 0. The van der Waals surface area contributed by atoms with Gasteiger partial charge in [0.1, 0.15) is 0 Å². The molecule has 3 aliphatic rings. The van der Waals surface area contributed by atoms with Gasteiger partial charge in [-0.25, -0.2) is 0 Å². The Kier molecular flexibility index (Phi) is 11.9. The van der Waals surface area contributed by atoms with Crippen LogP contribution in [0.5, 0.6) is 0 Å². The van der Waals surface area contributed by atoms with Crippen LogP contribution in [-0.4, -0.2) is 27.4 Å². The van der Waals surface area contributed by atoms with Crippen LogP contribution in [0.4, 0.5) is 0 Å². The summed E-state index contributed by atoms with van der Waals surface area (Å²) < 4.78 is 0. The molecule has 1 heterocycles. The number of benzene rings is 2. The molecule has 3 nitrogen and oxygen atoms in total. The van der Waals surface area contributed by atoms with Crippen molar-refractivity contribution in [2.75, 3.05) is 0 Å². The second-order valence-corrected chi connectivity index (χ2v) is 14.3. The number of fused-ring (bicyclic) bond motifs is 2. The van der Waals surface area contributed by atoms with Crippen molar-refractivity contribution in [2.45, 2.75) is 137 Å². The summed E-state index contributed by atoms with van der Waals surface area (Å²) in [6, 6.07) is 16.9. The number of nitrogens with zero attached hydrogens (tertiary/aromatic N) is 1. The third kappa shape index (κ3) is 6.76. The van der Waals surface area contributed by atoms with Crippen molar-refractivity contribution in [1.29, 1.82) is 0 Å². The van der Waals surface area contributed by atoms with Gasteiger partial charge in [0.25, 0.3) is 0 Å². The van der Waals surface area contributed by atoms with E-state index >= 15 is 0 Å². The van der Waals surface area contributed by atoms with Crippen LogP contribution in [0.2, 0.25) is 0 Å². The van der Waals surface area contributed by atoms with Gasteiger partial charge in [0.05, 0.1) is 12.2 Å². The number of pyridine rings is 1. The first kappa shape index (κ1) is 35.3. The Hall–Kier alpha value is -1.58. The van der Waals surface area contributed by atoms with Gasteiger partial charge in [0.2, 0.25) is 0 Å². The SMILES string of the molecule is CCC1(CC)CCCC2CC(CC)(CC)C(O)C2C1O.Cc1[c-]c(-c2nccc3cc(C4CCCC4)ccc23)cc(C)c1.[Ir]. The fourth-order valence-corrected chi connectivity index (χ4v) is 9.37. The fourth-order valence-electron chi connectivity index (χ4n) is 9.37. The Balaban J connectivity index is 0.000000199. The van der Waals surface area contributed by atoms with Crippen molar-refractivity contribution < 1.29 is 30.3 Å². The van der Waals surface area contributed by atoms with Crippen LogP contribution in [0, 0.1) is 42.6 Å². The van der Waals surface area contributed by atoms with Crippen LogP contribution in [0.25, 0.3) is 22.0 Å². The normalized spacial score (nSPS) is 25.9. The zero-order chi connectivity index (χ0) is 30.8. The van der Waals surface area contributed by atoms with Gasteiger partial charge >= 0.3 is 0 Å². The standard InChI is InChI=1S/C22H22N.C18H34O2.Ir/c1-15-11-16(2)13-20(12-15)22-21-8-7-18(17-5-3-4-6-17)14-19(21)9-10-23-22;1-5-17(6-2)11-9-10-13-12-18(7-3,8-4)16(20)14(13)15(17)19;/h7-12,14,17H,3-6H2,1-2H3;13-16,19-20H,5-12H2,1-4H3;/q-1;;. The molecule has 4 unspecified atom stereocenters. The molecular formula is C40H56IrNO2-. The molecule has 2 aromatic carbocycles. The van der Waals surface area contributed by atoms with Crippen LogP contribution in [-0.2, 0) is 20.1 Å². The molecule has 0 aliphatic heterocycles. The number of aliphatic hydroxyl groups is 2. The molecule has 3 fully saturated rings. The first-order chi connectivity index (χ1) is 20.7. The van der Waals surface area contributed by atoms with E-state index in [4.69, 9.17) is 0 Å². The molecule has 4 heteroatoms. The second kappa shape index (κ2) is 14.9. The molecule has 4 atom stereocenters. The summed E-state index contributed by atoms with van der Waals surface area (Å²) in [4.78, 5) is 4.66. The summed E-state index contributed by atoms with van der Waals surface area (Å²) in [7, 11) is 0. The van der Waals surface area contributed by atoms with Gasteiger partial charge in [-0.1, -0.05) is 79.0 Å². The minimum atomic E-state index is -0.319. The quantitative estimate of drug-likeness (QED) is 0.245. The molecule has 3 aromatic rings. The third-order valence-electron chi connectivity index (χ3n) is 12.3. The van der Waals surface area contributed by atoms with Crippen LogP contribution >= 0.6 is 0 Å². The molecule has 2 N–H and O–H groups in total. The van der Waals surface area contributed by atoms with Crippen molar-refractivity contribution >= 4 is 10.8 Å². The molecule has 0 spiro atoms. The van der Waals surface area contributed by atoms with Crippen LogP contribution in [0.1, 0.15) is 127 Å². The molecule has 0 amide bonds. The number of hydrogen-bond donors (Lipinski definition) is 2. The van der Waals surface area contributed by atoms with Crippen molar-refractivity contribution in [1.82, 2.24) is 4.98 Å². The van der Waals surface area contributed by atoms with E-state index in [0.29, 0.717) is 5.92 Å². The number of aryl methyl sites for hydroxylation is 2. The minimum absolute atomic E-state index is 0. The summed E-state index contributed by atoms with van der Waals surface area (Å²) in [5.74, 6) is 1.39. The van der Waals surface area contributed by atoms with E-state index in [0.717, 1.165) is 55.7 Å². The van der Waals surface area contributed by atoms with Gasteiger partial charge in [0.15, 0.2) is 0 Å². The summed E-state index contributed by atoms with van der Waals surface area (Å²) in [6.45, 7) is 13.1. The van der Waals surface area contributed by atoms with Gasteiger partial charge in [-0.15, -0.1) is 34.9 Å². The minimum Gasteiger partial charge on any atom is -0.392 e. The summed E-state index contributed by atoms with van der Waals surface area (Å²) in [6.07, 6.45) is 15.5. The van der Waals surface area contributed by atoms with E-state index in [1.165, 1.54) is 66.0 Å². The third-order valence-corrected chi connectivity index (χ3v) is 12.3. The molecule has 3 saturated carbocycles. The van der Waals surface area contributed by atoms with Crippen molar-refractivity contribution in [3.8, 4) is 11.3 Å². The smallest absolute Gasteiger partial charge is 0.0651 e.